The predicted molar refractivity (Wildman–Crippen MR) is 90.6 cm³/mol. The third-order valence-electron chi connectivity index (χ3n) is 4.34. The van der Waals surface area contributed by atoms with E-state index in [1.807, 2.05) is 0 Å². The summed E-state index contributed by atoms with van der Waals surface area (Å²) in [5.74, 6) is -0.845. The molecular formula is C16H23N3O4S. The summed E-state index contributed by atoms with van der Waals surface area (Å²) in [5.41, 5.74) is 0.331. The lowest BCUT2D eigenvalue weighted by molar-refractivity contribution is -0.136. The molecule has 1 aromatic carbocycles. The number of carbonyl (C=O) groups is 2. The molecule has 0 aliphatic heterocycles. The van der Waals surface area contributed by atoms with Gasteiger partial charge in [-0.15, -0.1) is 0 Å². The minimum absolute atomic E-state index is 0.0340. The minimum Gasteiger partial charge on any atom is -0.345 e. The Morgan fingerprint density at radius 2 is 1.83 bits per heavy atom. The summed E-state index contributed by atoms with van der Waals surface area (Å²) in [7, 11) is -3.78. The van der Waals surface area contributed by atoms with Gasteiger partial charge < -0.3 is 10.6 Å². The third-order valence-corrected chi connectivity index (χ3v) is 5.27. The molecule has 1 aromatic rings. The number of nitrogens with two attached hydrogens (primary N) is 1. The number of amides is 2. The highest BCUT2D eigenvalue weighted by Crippen LogP contribution is 2.26. The van der Waals surface area contributed by atoms with Crippen molar-refractivity contribution < 1.29 is 18.0 Å². The van der Waals surface area contributed by atoms with Crippen LogP contribution in [-0.2, 0) is 19.6 Å². The molecule has 1 aliphatic rings. The monoisotopic (exact) mass is 353 g/mol. The van der Waals surface area contributed by atoms with Crippen LogP contribution in [0.5, 0.6) is 0 Å². The van der Waals surface area contributed by atoms with Gasteiger partial charge in [-0.05, 0) is 43.0 Å². The van der Waals surface area contributed by atoms with Crippen molar-refractivity contribution in [2.75, 3.05) is 5.32 Å². The molecule has 2 atom stereocenters. The number of anilines is 1. The van der Waals surface area contributed by atoms with E-state index in [0.717, 1.165) is 25.7 Å². The maximum absolute atomic E-state index is 12.0. The van der Waals surface area contributed by atoms with Gasteiger partial charge in [-0.1, -0.05) is 26.2 Å². The first kappa shape index (κ1) is 18.4. The molecule has 0 heterocycles. The highest BCUT2D eigenvalue weighted by atomic mass is 32.2. The normalized spacial score (nSPS) is 21.1. The third kappa shape index (κ3) is 5.04. The summed E-state index contributed by atoms with van der Waals surface area (Å²) < 4.78 is 22.3. The Morgan fingerprint density at radius 1 is 1.17 bits per heavy atom. The van der Waals surface area contributed by atoms with E-state index in [0.29, 0.717) is 11.6 Å². The Morgan fingerprint density at radius 3 is 2.42 bits per heavy atom. The van der Waals surface area contributed by atoms with Gasteiger partial charge in [0.15, 0.2) is 0 Å². The molecule has 0 radical (unpaired) electrons. The summed E-state index contributed by atoms with van der Waals surface area (Å²) in [4.78, 5) is 23.9. The van der Waals surface area contributed by atoms with Crippen LogP contribution in [-0.4, -0.2) is 26.3 Å². The molecule has 2 rings (SSSR count). The second-order valence-electron chi connectivity index (χ2n) is 6.13. The second-order valence-corrected chi connectivity index (χ2v) is 7.70. The van der Waals surface area contributed by atoms with Crippen LogP contribution in [0.2, 0.25) is 0 Å². The van der Waals surface area contributed by atoms with Crippen LogP contribution < -0.4 is 15.8 Å². The molecule has 0 unspecified atom stereocenters. The van der Waals surface area contributed by atoms with E-state index in [9.17, 15) is 18.0 Å². The fourth-order valence-electron chi connectivity index (χ4n) is 2.96. The molecular weight excluding hydrogens is 330 g/mol. The van der Waals surface area contributed by atoms with Gasteiger partial charge in [0.25, 0.3) is 0 Å². The smallest absolute Gasteiger partial charge is 0.313 e. The molecule has 0 aromatic heterocycles. The quantitative estimate of drug-likeness (QED) is 0.708. The van der Waals surface area contributed by atoms with Crippen LogP contribution in [0.15, 0.2) is 29.2 Å². The lowest BCUT2D eigenvalue weighted by Crippen LogP contribution is -2.43. The SMILES string of the molecule is CC[C@H]1CCC[C@H](NC(=O)C(=O)Nc2ccc(S(N)(=O)=O)cc2)C1. The molecule has 8 heteroatoms. The van der Waals surface area contributed by atoms with Gasteiger partial charge in [-0.2, -0.15) is 0 Å². The summed E-state index contributed by atoms with van der Waals surface area (Å²) >= 11 is 0. The first-order valence-electron chi connectivity index (χ1n) is 8.04. The van der Waals surface area contributed by atoms with E-state index in [2.05, 4.69) is 17.6 Å². The number of primary sulfonamides is 1. The summed E-state index contributed by atoms with van der Waals surface area (Å²) in [5, 5.41) is 10.2. The van der Waals surface area contributed by atoms with Gasteiger partial charge in [-0.3, -0.25) is 9.59 Å². The van der Waals surface area contributed by atoms with Crippen LogP contribution in [0.4, 0.5) is 5.69 Å². The number of carbonyl (C=O) groups excluding carboxylic acids is 2. The summed E-state index contributed by atoms with van der Waals surface area (Å²) in [6, 6.07) is 5.36. The Bertz CT molecular complexity index is 701. The van der Waals surface area contributed by atoms with Gasteiger partial charge in [0.1, 0.15) is 0 Å². The number of rotatable bonds is 4. The fraction of sp³-hybridized carbons (Fsp3) is 0.500. The van der Waals surface area contributed by atoms with Crippen molar-refractivity contribution in [3.05, 3.63) is 24.3 Å². The first-order chi connectivity index (χ1) is 11.3. The molecule has 24 heavy (non-hydrogen) atoms. The highest BCUT2D eigenvalue weighted by Gasteiger charge is 2.24. The molecule has 0 saturated heterocycles. The molecule has 1 fully saturated rings. The molecule has 1 saturated carbocycles. The zero-order valence-electron chi connectivity index (χ0n) is 13.6. The molecule has 132 valence electrons. The van der Waals surface area contributed by atoms with Crippen LogP contribution in [0.1, 0.15) is 39.0 Å². The van der Waals surface area contributed by atoms with Crippen LogP contribution in [0, 0.1) is 5.92 Å². The zero-order valence-corrected chi connectivity index (χ0v) is 14.4. The van der Waals surface area contributed by atoms with Crippen LogP contribution >= 0.6 is 0 Å². The van der Waals surface area contributed by atoms with Crippen LogP contribution in [0.3, 0.4) is 0 Å². The summed E-state index contributed by atoms with van der Waals surface area (Å²) in [6.45, 7) is 2.13. The maximum Gasteiger partial charge on any atom is 0.313 e. The molecule has 7 nitrogen and oxygen atoms in total. The van der Waals surface area contributed by atoms with E-state index in [-0.39, 0.29) is 10.9 Å². The number of benzene rings is 1. The lowest BCUT2D eigenvalue weighted by atomic mass is 9.84. The Kier molecular flexibility index (Phi) is 5.95. The lowest BCUT2D eigenvalue weighted by Gasteiger charge is -2.28. The van der Waals surface area contributed by atoms with Gasteiger partial charge in [0, 0.05) is 11.7 Å². The second kappa shape index (κ2) is 7.76. The molecule has 4 N–H and O–H groups in total. The Labute approximate surface area is 142 Å². The van der Waals surface area contributed by atoms with Gasteiger partial charge in [-0.25, -0.2) is 13.6 Å². The number of hydrogen-bond acceptors (Lipinski definition) is 4. The maximum atomic E-state index is 12.0. The highest BCUT2D eigenvalue weighted by molar-refractivity contribution is 7.89. The van der Waals surface area contributed by atoms with Crippen molar-refractivity contribution in [1.29, 1.82) is 0 Å². The predicted octanol–water partition coefficient (Wildman–Crippen LogP) is 1.36. The first-order valence-corrected chi connectivity index (χ1v) is 9.59. The Balaban J connectivity index is 1.90. The topological polar surface area (TPSA) is 118 Å². The van der Waals surface area contributed by atoms with Crippen molar-refractivity contribution in [3.63, 3.8) is 0 Å². The van der Waals surface area contributed by atoms with Crippen molar-refractivity contribution >= 4 is 27.5 Å². The van der Waals surface area contributed by atoms with Crippen molar-refractivity contribution in [2.24, 2.45) is 11.1 Å². The standard InChI is InChI=1S/C16H23N3O4S/c1-2-11-4-3-5-13(10-11)19-16(21)15(20)18-12-6-8-14(9-7-12)24(17,22)23/h6-9,11,13H,2-5,10H2,1H3,(H,18,20)(H,19,21)(H2,17,22,23)/t11-,13-/m0/s1. The average molecular weight is 353 g/mol. The molecule has 0 spiro atoms. The minimum atomic E-state index is -3.78. The molecule has 1 aliphatic carbocycles. The van der Waals surface area contributed by atoms with Crippen molar-refractivity contribution in [2.45, 2.75) is 50.0 Å². The largest absolute Gasteiger partial charge is 0.345 e. The van der Waals surface area contributed by atoms with Gasteiger partial charge in [0.05, 0.1) is 4.90 Å². The fourth-order valence-corrected chi connectivity index (χ4v) is 3.48. The Hall–Kier alpha value is -1.93. The van der Waals surface area contributed by atoms with E-state index < -0.39 is 21.8 Å². The number of hydrogen-bond donors (Lipinski definition) is 3. The molecule has 0 bridgehead atoms. The number of sulfonamides is 1. The molecule has 2 amide bonds. The van der Waals surface area contributed by atoms with E-state index in [4.69, 9.17) is 5.14 Å². The van der Waals surface area contributed by atoms with E-state index >= 15 is 0 Å². The average Bonchev–Trinajstić information content (AvgIpc) is 2.54. The van der Waals surface area contributed by atoms with E-state index in [1.54, 1.807) is 0 Å². The van der Waals surface area contributed by atoms with Crippen molar-refractivity contribution in [1.82, 2.24) is 5.32 Å². The number of nitrogens with one attached hydrogen (secondary N) is 2. The van der Waals surface area contributed by atoms with Crippen LogP contribution in [0.25, 0.3) is 0 Å². The van der Waals surface area contributed by atoms with E-state index in [1.165, 1.54) is 30.7 Å². The van der Waals surface area contributed by atoms with Gasteiger partial charge in [0.2, 0.25) is 10.0 Å². The van der Waals surface area contributed by atoms with Gasteiger partial charge >= 0.3 is 11.8 Å². The van der Waals surface area contributed by atoms with Crippen molar-refractivity contribution in [3.8, 4) is 0 Å². The summed E-state index contributed by atoms with van der Waals surface area (Å²) in [6.07, 6.45) is 5.09. The zero-order chi connectivity index (χ0) is 17.7.